The van der Waals surface area contributed by atoms with Gasteiger partial charge in [0.05, 0.1) is 0 Å². The largest absolute Gasteiger partial charge is 0.354 e. The van der Waals surface area contributed by atoms with Crippen LogP contribution in [-0.2, 0) is 0 Å². The van der Waals surface area contributed by atoms with Crippen molar-refractivity contribution in [3.05, 3.63) is 72.5 Å². The highest BCUT2D eigenvalue weighted by Crippen LogP contribution is 2.34. The quantitative estimate of drug-likeness (QED) is 0.348. The second kappa shape index (κ2) is 4.08. The van der Waals surface area contributed by atoms with Crippen LogP contribution in [0.15, 0.2) is 66.7 Å². The molecule has 0 radical (unpaired) electrons. The molecule has 5 aromatic rings. The van der Waals surface area contributed by atoms with E-state index in [2.05, 4.69) is 53.5 Å². The zero-order chi connectivity index (χ0) is 14.7. The van der Waals surface area contributed by atoms with E-state index in [0.717, 1.165) is 16.4 Å². The summed E-state index contributed by atoms with van der Waals surface area (Å²) in [6.45, 7) is 0. The third-order valence-electron chi connectivity index (χ3n) is 4.41. The second-order valence-corrected chi connectivity index (χ2v) is 5.72. The maximum atomic E-state index is 13.5. The van der Waals surface area contributed by atoms with Crippen LogP contribution in [0.5, 0.6) is 0 Å². The van der Waals surface area contributed by atoms with Gasteiger partial charge >= 0.3 is 0 Å². The third-order valence-corrected chi connectivity index (χ3v) is 4.41. The van der Waals surface area contributed by atoms with E-state index in [1.54, 1.807) is 6.07 Å². The summed E-state index contributed by atoms with van der Waals surface area (Å²) in [7, 11) is 0. The lowest BCUT2D eigenvalue weighted by molar-refractivity contribution is 0.629. The van der Waals surface area contributed by atoms with Gasteiger partial charge in [-0.05, 0) is 57.9 Å². The van der Waals surface area contributed by atoms with Crippen molar-refractivity contribution in [2.75, 3.05) is 0 Å². The van der Waals surface area contributed by atoms with Gasteiger partial charge in [0, 0.05) is 21.8 Å². The first-order chi connectivity index (χ1) is 10.8. The zero-order valence-corrected chi connectivity index (χ0v) is 11.7. The molecule has 0 spiro atoms. The van der Waals surface area contributed by atoms with Gasteiger partial charge in [0.25, 0.3) is 0 Å². The van der Waals surface area contributed by atoms with Crippen molar-refractivity contribution in [1.82, 2.24) is 4.98 Å². The van der Waals surface area contributed by atoms with Crippen molar-refractivity contribution in [2.24, 2.45) is 0 Å². The summed E-state index contributed by atoms with van der Waals surface area (Å²) < 4.78 is 13.5. The van der Waals surface area contributed by atoms with Crippen LogP contribution in [-0.4, -0.2) is 4.98 Å². The van der Waals surface area contributed by atoms with Crippen LogP contribution in [0.2, 0.25) is 0 Å². The zero-order valence-electron chi connectivity index (χ0n) is 11.7. The molecule has 0 aliphatic heterocycles. The fourth-order valence-corrected chi connectivity index (χ4v) is 3.39. The highest BCUT2D eigenvalue weighted by Gasteiger charge is 2.09. The van der Waals surface area contributed by atoms with Crippen LogP contribution in [0.4, 0.5) is 4.39 Å². The minimum atomic E-state index is -0.214. The van der Waals surface area contributed by atoms with Crippen molar-refractivity contribution in [3.8, 4) is 0 Å². The molecule has 0 fully saturated rings. The van der Waals surface area contributed by atoms with Gasteiger partial charge < -0.3 is 4.98 Å². The van der Waals surface area contributed by atoms with E-state index in [1.807, 2.05) is 6.07 Å². The molecule has 2 heteroatoms. The lowest BCUT2D eigenvalue weighted by Crippen LogP contribution is -1.78. The molecule has 22 heavy (non-hydrogen) atoms. The summed E-state index contributed by atoms with van der Waals surface area (Å²) in [5.41, 5.74) is 1.89. The molecule has 4 aromatic carbocycles. The Morgan fingerprint density at radius 1 is 0.636 bits per heavy atom. The van der Waals surface area contributed by atoms with E-state index in [4.69, 9.17) is 0 Å². The first-order valence-corrected chi connectivity index (χ1v) is 7.32. The van der Waals surface area contributed by atoms with Crippen LogP contribution in [0.25, 0.3) is 43.4 Å². The van der Waals surface area contributed by atoms with E-state index in [1.165, 1.54) is 33.0 Å². The van der Waals surface area contributed by atoms with Crippen LogP contribution in [0.1, 0.15) is 0 Å². The Morgan fingerprint density at radius 2 is 1.45 bits per heavy atom. The summed E-state index contributed by atoms with van der Waals surface area (Å²) in [6.07, 6.45) is 0. The first-order valence-electron chi connectivity index (χ1n) is 7.32. The van der Waals surface area contributed by atoms with E-state index in [9.17, 15) is 4.39 Å². The summed E-state index contributed by atoms with van der Waals surface area (Å²) >= 11 is 0. The van der Waals surface area contributed by atoms with Crippen molar-refractivity contribution in [2.45, 2.75) is 0 Å². The lowest BCUT2D eigenvalue weighted by atomic mass is 9.99. The summed E-state index contributed by atoms with van der Waals surface area (Å²) in [5, 5.41) is 7.10. The summed E-state index contributed by atoms with van der Waals surface area (Å²) in [5.74, 6) is -0.214. The number of aromatic amines is 1. The van der Waals surface area contributed by atoms with Crippen LogP contribution >= 0.6 is 0 Å². The van der Waals surface area contributed by atoms with E-state index in [-0.39, 0.29) is 5.82 Å². The smallest absolute Gasteiger partial charge is 0.125 e. The number of benzene rings is 4. The Hall–Kier alpha value is -2.87. The maximum Gasteiger partial charge on any atom is 0.125 e. The number of halogens is 1. The molecule has 1 N–H and O–H groups in total. The average molecular weight is 285 g/mol. The molecule has 0 saturated heterocycles. The molecule has 1 aromatic heterocycles. The lowest BCUT2D eigenvalue weighted by Gasteiger charge is -2.04. The minimum absolute atomic E-state index is 0.214. The molecule has 0 saturated carbocycles. The van der Waals surface area contributed by atoms with Gasteiger partial charge in [0.1, 0.15) is 5.82 Å². The third kappa shape index (κ3) is 1.52. The fourth-order valence-electron chi connectivity index (χ4n) is 3.39. The summed E-state index contributed by atoms with van der Waals surface area (Å²) in [4.78, 5) is 3.32. The molecule has 0 amide bonds. The molecule has 1 nitrogen and oxygen atoms in total. The molecule has 5 rings (SSSR count). The van der Waals surface area contributed by atoms with E-state index >= 15 is 0 Å². The van der Waals surface area contributed by atoms with Gasteiger partial charge in [-0.2, -0.15) is 0 Å². The number of rotatable bonds is 0. The van der Waals surface area contributed by atoms with Crippen molar-refractivity contribution >= 4 is 43.4 Å². The van der Waals surface area contributed by atoms with Gasteiger partial charge in [-0.25, -0.2) is 4.39 Å². The fraction of sp³-hybridized carbons (Fsp3) is 0. The molecule has 0 atom stereocenters. The predicted molar refractivity (Wildman–Crippen MR) is 90.8 cm³/mol. The minimum Gasteiger partial charge on any atom is -0.354 e. The standard InChI is InChI=1S/C20H12FN/c21-15-6-7-16-19(11-15)22-18-8-5-14-9-12-3-1-2-4-13(12)10-17(14)20(16)18/h1-11,22H. The monoisotopic (exact) mass is 285 g/mol. The maximum absolute atomic E-state index is 13.5. The van der Waals surface area contributed by atoms with E-state index < -0.39 is 0 Å². The number of hydrogen-bond acceptors (Lipinski definition) is 0. The van der Waals surface area contributed by atoms with Crippen LogP contribution in [0, 0.1) is 5.82 Å². The highest BCUT2D eigenvalue weighted by atomic mass is 19.1. The predicted octanol–water partition coefficient (Wildman–Crippen LogP) is 5.77. The molecule has 0 aliphatic carbocycles. The molecule has 104 valence electrons. The van der Waals surface area contributed by atoms with E-state index in [0.29, 0.717) is 0 Å². The molecule has 0 bridgehead atoms. The average Bonchev–Trinajstić information content (AvgIpc) is 2.90. The molecular weight excluding hydrogens is 273 g/mol. The number of H-pyrrole nitrogens is 1. The Balaban J connectivity index is 2.05. The highest BCUT2D eigenvalue weighted by molar-refractivity contribution is 6.22. The van der Waals surface area contributed by atoms with Gasteiger partial charge in [0.15, 0.2) is 0 Å². The number of fused-ring (bicyclic) bond motifs is 6. The van der Waals surface area contributed by atoms with Gasteiger partial charge in [-0.3, -0.25) is 0 Å². The number of hydrogen-bond donors (Lipinski definition) is 1. The van der Waals surface area contributed by atoms with Gasteiger partial charge in [-0.1, -0.05) is 30.3 Å². The Labute approximate surface area is 126 Å². The number of aromatic nitrogens is 1. The van der Waals surface area contributed by atoms with Crippen molar-refractivity contribution in [3.63, 3.8) is 0 Å². The Bertz CT molecular complexity index is 1180. The van der Waals surface area contributed by atoms with Crippen molar-refractivity contribution in [1.29, 1.82) is 0 Å². The molecule has 0 unspecified atom stereocenters. The molecular formula is C20H12FN. The van der Waals surface area contributed by atoms with Crippen LogP contribution < -0.4 is 0 Å². The topological polar surface area (TPSA) is 15.8 Å². The van der Waals surface area contributed by atoms with Crippen molar-refractivity contribution < 1.29 is 4.39 Å². The summed E-state index contributed by atoms with van der Waals surface area (Å²) in [6, 6.07) is 21.9. The Kier molecular flexibility index (Phi) is 2.18. The SMILES string of the molecule is Fc1ccc2c(c1)[nH]c1ccc3cc4ccccc4cc3c12. The Morgan fingerprint density at radius 3 is 2.32 bits per heavy atom. The molecule has 1 heterocycles. The van der Waals surface area contributed by atoms with Gasteiger partial charge in [0.2, 0.25) is 0 Å². The normalized spacial score (nSPS) is 11.9. The first kappa shape index (κ1) is 11.8. The second-order valence-electron chi connectivity index (χ2n) is 5.72. The molecule has 0 aliphatic rings. The van der Waals surface area contributed by atoms with Gasteiger partial charge in [-0.15, -0.1) is 0 Å². The number of nitrogens with one attached hydrogen (secondary N) is 1. The van der Waals surface area contributed by atoms with Crippen LogP contribution in [0.3, 0.4) is 0 Å².